The Labute approximate surface area is 116 Å². The summed E-state index contributed by atoms with van der Waals surface area (Å²) in [5.41, 5.74) is 2.02. The lowest BCUT2D eigenvalue weighted by Crippen LogP contribution is -2.18. The van der Waals surface area contributed by atoms with Crippen LogP contribution in [0.25, 0.3) is 0 Å². The van der Waals surface area contributed by atoms with Crippen LogP contribution >= 0.6 is 0 Å². The Morgan fingerprint density at radius 2 is 1.90 bits per heavy atom. The Balaban J connectivity index is 2.27. The van der Waals surface area contributed by atoms with Gasteiger partial charge in [-0.1, -0.05) is 30.3 Å². The van der Waals surface area contributed by atoms with E-state index in [4.69, 9.17) is 0 Å². The molecule has 0 fully saturated rings. The Morgan fingerprint density at radius 1 is 1.20 bits per heavy atom. The number of nitrogens with zero attached hydrogens (tertiary/aromatic N) is 2. The molecule has 0 unspecified atom stereocenters. The lowest BCUT2D eigenvalue weighted by atomic mass is 10.1. The van der Waals surface area contributed by atoms with Crippen LogP contribution in [0.15, 0.2) is 48.5 Å². The van der Waals surface area contributed by atoms with E-state index in [2.05, 4.69) is 0 Å². The van der Waals surface area contributed by atoms with Crippen LogP contribution in [0, 0.1) is 10.1 Å². The number of carbonyl (C=O) groups excluding carboxylic acids is 1. The average molecular weight is 270 g/mol. The topological polar surface area (TPSA) is 63.4 Å². The number of non-ortho nitro benzene ring substituents is 1. The number of nitro benzene ring substituents is 1. The number of hydrogen-bond donors (Lipinski definition) is 0. The molecular formula is C15H14N2O3. The van der Waals surface area contributed by atoms with Crippen LogP contribution in [0.3, 0.4) is 0 Å². The highest BCUT2D eigenvalue weighted by atomic mass is 16.6. The van der Waals surface area contributed by atoms with E-state index in [1.54, 1.807) is 6.07 Å². The van der Waals surface area contributed by atoms with Crippen LogP contribution in [0.2, 0.25) is 0 Å². The van der Waals surface area contributed by atoms with Crippen molar-refractivity contribution >= 4 is 17.7 Å². The molecule has 0 saturated carbocycles. The van der Waals surface area contributed by atoms with Gasteiger partial charge in [0.1, 0.15) is 0 Å². The van der Waals surface area contributed by atoms with E-state index in [9.17, 15) is 14.9 Å². The third kappa shape index (κ3) is 3.00. The number of carbonyl (C=O) groups is 1. The SMILES string of the molecule is CN(Cc1ccccc1)c1ccc([N+](=O)[O-])cc1C=O. The summed E-state index contributed by atoms with van der Waals surface area (Å²) >= 11 is 0. The van der Waals surface area contributed by atoms with Crippen LogP contribution in [-0.2, 0) is 6.54 Å². The predicted molar refractivity (Wildman–Crippen MR) is 77.0 cm³/mol. The molecule has 20 heavy (non-hydrogen) atoms. The van der Waals surface area contributed by atoms with Gasteiger partial charge in [0.2, 0.25) is 0 Å². The second-order valence-electron chi connectivity index (χ2n) is 4.46. The van der Waals surface area contributed by atoms with Gasteiger partial charge in [-0.15, -0.1) is 0 Å². The molecule has 0 N–H and O–H groups in total. The van der Waals surface area contributed by atoms with Gasteiger partial charge < -0.3 is 4.90 Å². The molecule has 0 atom stereocenters. The molecule has 102 valence electrons. The Hall–Kier alpha value is -2.69. The van der Waals surface area contributed by atoms with Gasteiger partial charge in [0.15, 0.2) is 6.29 Å². The van der Waals surface area contributed by atoms with E-state index in [0.29, 0.717) is 24.1 Å². The summed E-state index contributed by atoms with van der Waals surface area (Å²) in [6.07, 6.45) is 0.643. The molecule has 2 aromatic carbocycles. The summed E-state index contributed by atoms with van der Waals surface area (Å²) < 4.78 is 0. The maximum absolute atomic E-state index is 11.1. The van der Waals surface area contributed by atoms with Crippen molar-refractivity contribution in [2.45, 2.75) is 6.54 Å². The fourth-order valence-corrected chi connectivity index (χ4v) is 2.04. The molecular weight excluding hydrogens is 256 g/mol. The number of benzene rings is 2. The van der Waals surface area contributed by atoms with Crippen molar-refractivity contribution in [3.8, 4) is 0 Å². The van der Waals surface area contributed by atoms with Crippen LogP contribution in [0.1, 0.15) is 15.9 Å². The fraction of sp³-hybridized carbons (Fsp3) is 0.133. The van der Waals surface area contributed by atoms with Gasteiger partial charge in [0.25, 0.3) is 5.69 Å². The normalized spacial score (nSPS) is 10.1. The summed E-state index contributed by atoms with van der Waals surface area (Å²) in [5.74, 6) is 0. The second kappa shape index (κ2) is 5.97. The van der Waals surface area contributed by atoms with Gasteiger partial charge >= 0.3 is 0 Å². The molecule has 5 nitrogen and oxygen atoms in total. The van der Waals surface area contributed by atoms with Crippen molar-refractivity contribution in [3.63, 3.8) is 0 Å². The molecule has 5 heteroatoms. The van der Waals surface area contributed by atoms with Crippen molar-refractivity contribution in [3.05, 3.63) is 69.8 Å². The molecule has 0 amide bonds. The van der Waals surface area contributed by atoms with Crippen LogP contribution < -0.4 is 4.90 Å². The van der Waals surface area contributed by atoms with Crippen molar-refractivity contribution in [2.75, 3.05) is 11.9 Å². The lowest BCUT2D eigenvalue weighted by Gasteiger charge is -2.20. The highest BCUT2D eigenvalue weighted by Crippen LogP contribution is 2.24. The molecule has 0 aliphatic carbocycles. The van der Waals surface area contributed by atoms with Gasteiger partial charge in [-0.05, 0) is 11.6 Å². The number of nitro groups is 1. The first kappa shape index (κ1) is 13.7. The molecule has 2 rings (SSSR count). The molecule has 0 radical (unpaired) electrons. The number of aldehydes is 1. The summed E-state index contributed by atoms with van der Waals surface area (Å²) in [6, 6.07) is 14.1. The smallest absolute Gasteiger partial charge is 0.270 e. The van der Waals surface area contributed by atoms with E-state index in [-0.39, 0.29) is 5.69 Å². The maximum atomic E-state index is 11.1. The van der Waals surface area contributed by atoms with E-state index < -0.39 is 4.92 Å². The highest BCUT2D eigenvalue weighted by molar-refractivity contribution is 5.85. The number of anilines is 1. The monoisotopic (exact) mass is 270 g/mol. The number of rotatable bonds is 5. The zero-order chi connectivity index (χ0) is 14.5. The minimum atomic E-state index is -0.506. The van der Waals surface area contributed by atoms with Crippen LogP contribution in [0.5, 0.6) is 0 Å². The Kier molecular flexibility index (Phi) is 4.10. The Bertz CT molecular complexity index is 626. The third-order valence-electron chi connectivity index (χ3n) is 3.02. The van der Waals surface area contributed by atoms with E-state index in [0.717, 1.165) is 5.56 Å². The van der Waals surface area contributed by atoms with Crippen molar-refractivity contribution in [1.82, 2.24) is 0 Å². The van der Waals surface area contributed by atoms with Crippen LogP contribution in [0.4, 0.5) is 11.4 Å². The Morgan fingerprint density at radius 3 is 2.50 bits per heavy atom. The molecule has 0 saturated heterocycles. The van der Waals surface area contributed by atoms with E-state index >= 15 is 0 Å². The molecule has 0 aromatic heterocycles. The van der Waals surface area contributed by atoms with Crippen molar-refractivity contribution in [2.24, 2.45) is 0 Å². The van der Waals surface area contributed by atoms with Gasteiger partial charge in [-0.2, -0.15) is 0 Å². The summed E-state index contributed by atoms with van der Waals surface area (Å²) in [5, 5.41) is 10.7. The van der Waals surface area contributed by atoms with E-state index in [1.165, 1.54) is 12.1 Å². The quantitative estimate of drug-likeness (QED) is 0.476. The minimum Gasteiger partial charge on any atom is -0.370 e. The van der Waals surface area contributed by atoms with Gasteiger partial charge in [-0.3, -0.25) is 14.9 Å². The number of hydrogen-bond acceptors (Lipinski definition) is 4. The molecule has 2 aromatic rings. The summed E-state index contributed by atoms with van der Waals surface area (Å²) in [6.45, 7) is 0.624. The first-order chi connectivity index (χ1) is 9.61. The summed E-state index contributed by atoms with van der Waals surface area (Å²) in [4.78, 5) is 23.2. The van der Waals surface area contributed by atoms with Gasteiger partial charge in [0.05, 0.1) is 4.92 Å². The zero-order valence-corrected chi connectivity index (χ0v) is 11.0. The maximum Gasteiger partial charge on any atom is 0.270 e. The molecule has 0 bridgehead atoms. The highest BCUT2D eigenvalue weighted by Gasteiger charge is 2.13. The van der Waals surface area contributed by atoms with Gasteiger partial charge in [0, 0.05) is 37.0 Å². The predicted octanol–water partition coefficient (Wildman–Crippen LogP) is 3.04. The first-order valence-electron chi connectivity index (χ1n) is 6.10. The third-order valence-corrected chi connectivity index (χ3v) is 3.02. The lowest BCUT2D eigenvalue weighted by molar-refractivity contribution is -0.384. The molecule has 0 heterocycles. The molecule has 0 aliphatic heterocycles. The second-order valence-corrected chi connectivity index (χ2v) is 4.46. The zero-order valence-electron chi connectivity index (χ0n) is 11.0. The first-order valence-corrected chi connectivity index (χ1v) is 6.10. The largest absolute Gasteiger partial charge is 0.370 e. The van der Waals surface area contributed by atoms with Crippen molar-refractivity contribution < 1.29 is 9.72 Å². The molecule has 0 aliphatic rings. The standard InChI is InChI=1S/C15H14N2O3/c1-16(10-12-5-3-2-4-6-12)15-8-7-14(17(19)20)9-13(15)11-18/h2-9,11H,10H2,1H3. The van der Waals surface area contributed by atoms with Crippen molar-refractivity contribution in [1.29, 1.82) is 0 Å². The molecule has 0 spiro atoms. The summed E-state index contributed by atoms with van der Waals surface area (Å²) in [7, 11) is 1.85. The minimum absolute atomic E-state index is 0.0797. The van der Waals surface area contributed by atoms with Gasteiger partial charge in [-0.25, -0.2) is 0 Å². The average Bonchev–Trinajstić information content (AvgIpc) is 2.47. The fourth-order valence-electron chi connectivity index (χ4n) is 2.04. The van der Waals surface area contributed by atoms with E-state index in [1.807, 2.05) is 42.3 Å². The van der Waals surface area contributed by atoms with Crippen LogP contribution in [-0.4, -0.2) is 18.3 Å².